The zero-order valence-electron chi connectivity index (χ0n) is 8.43. The fourth-order valence-electron chi connectivity index (χ4n) is 2.18. The van der Waals surface area contributed by atoms with Gasteiger partial charge >= 0.3 is 0 Å². The molecule has 1 heterocycles. The van der Waals surface area contributed by atoms with Crippen LogP contribution >= 0.6 is 0 Å². The number of rotatable bonds is 1. The molecule has 1 aliphatic rings. The maximum absolute atomic E-state index is 2.38. The molecule has 2 aromatic carbocycles. The highest BCUT2D eigenvalue weighted by atomic mass is 28.3. The maximum atomic E-state index is 2.38. The summed E-state index contributed by atoms with van der Waals surface area (Å²) in [6, 6.07) is 15.3. The molecule has 1 aliphatic heterocycles. The van der Waals surface area contributed by atoms with Crippen molar-refractivity contribution in [3.63, 3.8) is 0 Å². The number of hydrogen-bond acceptors (Lipinski definition) is 0. The van der Waals surface area contributed by atoms with Crippen LogP contribution in [0, 0.1) is 0 Å². The Morgan fingerprint density at radius 1 is 0.733 bits per heavy atom. The monoisotopic (exact) mass is 208 g/mol. The van der Waals surface area contributed by atoms with Crippen molar-refractivity contribution in [2.45, 2.75) is 0 Å². The van der Waals surface area contributed by atoms with Gasteiger partial charge in [0.1, 0.15) is 8.80 Å². The standard InChI is InChI=1S/C14H12Si/c1-2-8-13-12(6-1)7-5-9-14(13)15-10-3-4-11-15/h1-11,15H. The molecule has 0 radical (unpaired) electrons. The van der Waals surface area contributed by atoms with Gasteiger partial charge in [-0.15, -0.1) is 0 Å². The van der Waals surface area contributed by atoms with Gasteiger partial charge in [0, 0.05) is 0 Å². The van der Waals surface area contributed by atoms with E-state index < -0.39 is 8.80 Å². The van der Waals surface area contributed by atoms with Crippen LogP contribution in [-0.2, 0) is 0 Å². The highest BCUT2D eigenvalue weighted by Gasteiger charge is 2.11. The van der Waals surface area contributed by atoms with Crippen LogP contribution in [0.4, 0.5) is 0 Å². The van der Waals surface area contributed by atoms with E-state index in [4.69, 9.17) is 0 Å². The number of fused-ring (bicyclic) bond motifs is 1. The average molecular weight is 208 g/mol. The first-order chi connectivity index (χ1) is 7.45. The van der Waals surface area contributed by atoms with E-state index in [9.17, 15) is 0 Å². The summed E-state index contributed by atoms with van der Waals surface area (Å²) in [4.78, 5) is 0. The van der Waals surface area contributed by atoms with Crippen molar-refractivity contribution in [1.29, 1.82) is 0 Å². The molecule has 0 aliphatic carbocycles. The van der Waals surface area contributed by atoms with Crippen LogP contribution in [-0.4, -0.2) is 8.80 Å². The molecule has 0 spiro atoms. The first kappa shape index (κ1) is 8.68. The summed E-state index contributed by atoms with van der Waals surface area (Å²) in [5, 5.41) is 4.32. The largest absolute Gasteiger partial charge is 0.118 e. The summed E-state index contributed by atoms with van der Waals surface area (Å²) < 4.78 is 0. The van der Waals surface area contributed by atoms with Gasteiger partial charge in [-0.2, -0.15) is 0 Å². The summed E-state index contributed by atoms with van der Waals surface area (Å²) in [7, 11) is -0.951. The lowest BCUT2D eigenvalue weighted by molar-refractivity contribution is 1.78. The van der Waals surface area contributed by atoms with Crippen LogP contribution < -0.4 is 5.19 Å². The summed E-state index contributed by atoms with van der Waals surface area (Å²) in [5.41, 5.74) is 4.75. The smallest absolute Gasteiger partial charge is 0.0893 e. The third-order valence-electron chi connectivity index (χ3n) is 2.93. The zero-order valence-corrected chi connectivity index (χ0v) is 9.58. The lowest BCUT2D eigenvalue weighted by Crippen LogP contribution is -2.25. The normalized spacial score (nSPS) is 15.2. The molecule has 0 saturated carbocycles. The molecule has 0 amide bonds. The summed E-state index contributed by atoms with van der Waals surface area (Å²) >= 11 is 0. The van der Waals surface area contributed by atoms with Gasteiger partial charge in [0.15, 0.2) is 0 Å². The Hall–Kier alpha value is -1.60. The van der Waals surface area contributed by atoms with E-state index in [1.54, 1.807) is 0 Å². The lowest BCUT2D eigenvalue weighted by Gasteiger charge is -2.08. The number of benzene rings is 2. The van der Waals surface area contributed by atoms with E-state index in [0.29, 0.717) is 0 Å². The SMILES string of the molecule is C1=C[SiH](c2cccc3ccccc23)C=C1. The lowest BCUT2D eigenvalue weighted by atomic mass is 10.1. The molecule has 15 heavy (non-hydrogen) atoms. The molecule has 0 fully saturated rings. The van der Waals surface area contributed by atoms with Crippen molar-refractivity contribution in [2.75, 3.05) is 0 Å². The van der Waals surface area contributed by atoms with Gasteiger partial charge in [-0.3, -0.25) is 0 Å². The highest BCUT2D eigenvalue weighted by Crippen LogP contribution is 2.13. The van der Waals surface area contributed by atoms with Crippen molar-refractivity contribution in [2.24, 2.45) is 0 Å². The Morgan fingerprint density at radius 3 is 2.33 bits per heavy atom. The molecule has 0 atom stereocenters. The maximum Gasteiger partial charge on any atom is 0.118 e. The van der Waals surface area contributed by atoms with Crippen LogP contribution in [0.3, 0.4) is 0 Å². The van der Waals surface area contributed by atoms with E-state index in [-0.39, 0.29) is 0 Å². The van der Waals surface area contributed by atoms with Crippen LogP contribution in [0.1, 0.15) is 0 Å². The number of hydrogen-bond donors (Lipinski definition) is 0. The Kier molecular flexibility index (Phi) is 2.04. The van der Waals surface area contributed by atoms with E-state index in [2.05, 4.69) is 66.0 Å². The highest BCUT2D eigenvalue weighted by molar-refractivity contribution is 6.84. The first-order valence-electron chi connectivity index (χ1n) is 5.28. The van der Waals surface area contributed by atoms with Crippen molar-refractivity contribution >= 4 is 24.8 Å². The van der Waals surface area contributed by atoms with Gasteiger partial charge in [-0.1, -0.05) is 66.0 Å². The predicted molar refractivity (Wildman–Crippen MR) is 69.0 cm³/mol. The molecule has 0 aromatic heterocycles. The second-order valence-corrected chi connectivity index (χ2v) is 6.31. The minimum atomic E-state index is -0.951. The molecule has 72 valence electrons. The Balaban J connectivity index is 2.26. The van der Waals surface area contributed by atoms with E-state index in [1.165, 1.54) is 16.0 Å². The second kappa shape index (κ2) is 3.52. The van der Waals surface area contributed by atoms with Crippen molar-refractivity contribution in [3.8, 4) is 0 Å². The summed E-state index contributed by atoms with van der Waals surface area (Å²) in [6.07, 6.45) is 4.36. The molecule has 3 rings (SSSR count). The van der Waals surface area contributed by atoms with Crippen molar-refractivity contribution in [3.05, 3.63) is 66.0 Å². The molecular formula is C14H12Si. The fourth-order valence-corrected chi connectivity index (χ4v) is 4.41. The molecule has 0 saturated heterocycles. The molecule has 0 N–H and O–H groups in total. The van der Waals surface area contributed by atoms with Gasteiger partial charge in [0.25, 0.3) is 0 Å². The van der Waals surface area contributed by atoms with Gasteiger partial charge < -0.3 is 0 Å². The average Bonchev–Trinajstić information content (AvgIpc) is 2.82. The minimum Gasteiger partial charge on any atom is -0.0893 e. The van der Waals surface area contributed by atoms with Crippen LogP contribution in [0.5, 0.6) is 0 Å². The van der Waals surface area contributed by atoms with E-state index in [1.807, 2.05) is 0 Å². The van der Waals surface area contributed by atoms with Gasteiger partial charge in [0.05, 0.1) is 0 Å². The Morgan fingerprint density at radius 2 is 1.47 bits per heavy atom. The first-order valence-corrected chi connectivity index (χ1v) is 7.19. The Labute approximate surface area is 91.2 Å². The molecule has 2 aromatic rings. The third kappa shape index (κ3) is 1.45. The topological polar surface area (TPSA) is 0 Å². The van der Waals surface area contributed by atoms with Crippen molar-refractivity contribution in [1.82, 2.24) is 0 Å². The van der Waals surface area contributed by atoms with E-state index in [0.717, 1.165) is 0 Å². The van der Waals surface area contributed by atoms with Crippen LogP contribution in [0.2, 0.25) is 0 Å². The molecule has 0 bridgehead atoms. The second-order valence-electron chi connectivity index (χ2n) is 3.86. The van der Waals surface area contributed by atoms with Crippen molar-refractivity contribution < 1.29 is 0 Å². The predicted octanol–water partition coefficient (Wildman–Crippen LogP) is 2.48. The van der Waals surface area contributed by atoms with Gasteiger partial charge in [-0.25, -0.2) is 0 Å². The quantitative estimate of drug-likeness (QED) is 0.632. The van der Waals surface area contributed by atoms with Crippen LogP contribution in [0.15, 0.2) is 66.0 Å². The number of allylic oxidation sites excluding steroid dienone is 2. The van der Waals surface area contributed by atoms with Gasteiger partial charge in [-0.05, 0) is 16.0 Å². The molecule has 0 unspecified atom stereocenters. The summed E-state index contributed by atoms with van der Waals surface area (Å²) in [6.45, 7) is 0. The Bertz CT molecular complexity index is 535. The molecule has 0 nitrogen and oxygen atoms in total. The fraction of sp³-hybridized carbons (Fsp3) is 0. The summed E-state index contributed by atoms with van der Waals surface area (Å²) in [5.74, 6) is 0. The van der Waals surface area contributed by atoms with Gasteiger partial charge in [0.2, 0.25) is 0 Å². The third-order valence-corrected chi connectivity index (χ3v) is 5.43. The zero-order chi connectivity index (χ0) is 10.1. The minimum absolute atomic E-state index is 0.951. The van der Waals surface area contributed by atoms with Crippen LogP contribution in [0.25, 0.3) is 10.8 Å². The van der Waals surface area contributed by atoms with E-state index >= 15 is 0 Å². The molecule has 1 heteroatoms. The molecular weight excluding hydrogens is 196 g/mol.